The quantitative estimate of drug-likeness (QED) is 0.461. The highest BCUT2D eigenvalue weighted by Gasteiger charge is 2.36. The summed E-state index contributed by atoms with van der Waals surface area (Å²) in [5.41, 5.74) is 0.171. The molecule has 2 nitrogen and oxygen atoms in total. The smallest absolute Gasteiger partial charge is 0.0828 e. The second kappa shape index (κ2) is 3.52. The van der Waals surface area contributed by atoms with Gasteiger partial charge in [-0.15, -0.1) is 11.6 Å². The van der Waals surface area contributed by atoms with Gasteiger partial charge in [-0.2, -0.15) is 0 Å². The van der Waals surface area contributed by atoms with Crippen molar-refractivity contribution in [2.45, 2.75) is 43.8 Å². The second-order valence-electron chi connectivity index (χ2n) is 3.80. The first-order valence-electron chi connectivity index (χ1n) is 4.78. The summed E-state index contributed by atoms with van der Waals surface area (Å²) in [6, 6.07) is 1.18. The molecule has 0 aliphatic carbocycles. The maximum Gasteiger partial charge on any atom is 0.0828 e. The second-order valence-corrected chi connectivity index (χ2v) is 4.43. The van der Waals surface area contributed by atoms with E-state index in [0.717, 1.165) is 13.2 Å². The lowest BCUT2D eigenvalue weighted by molar-refractivity contribution is -0.0773. The Balaban J connectivity index is 2.08. The lowest BCUT2D eigenvalue weighted by atomic mass is 9.94. The van der Waals surface area contributed by atoms with Crippen molar-refractivity contribution in [3.8, 4) is 0 Å². The first kappa shape index (κ1) is 8.79. The minimum Gasteiger partial charge on any atom is -0.378 e. The zero-order chi connectivity index (χ0) is 8.55. The van der Waals surface area contributed by atoms with Gasteiger partial charge in [0.2, 0.25) is 0 Å². The number of ether oxygens (including phenoxy) is 1. The highest BCUT2D eigenvalue weighted by atomic mass is 35.5. The Morgan fingerprint density at radius 1 is 1.33 bits per heavy atom. The number of hydrogen-bond acceptors (Lipinski definition) is 2. The highest BCUT2D eigenvalue weighted by molar-refractivity contribution is 6.20. The van der Waals surface area contributed by atoms with Crippen LogP contribution < -0.4 is 0 Å². The van der Waals surface area contributed by atoms with E-state index >= 15 is 0 Å². The predicted octanol–water partition coefficient (Wildman–Crippen LogP) is 1.82. The van der Waals surface area contributed by atoms with Crippen molar-refractivity contribution in [2.75, 3.05) is 13.2 Å². The summed E-state index contributed by atoms with van der Waals surface area (Å²) in [7, 11) is 0. The number of fused-ring (bicyclic) bond motifs is 2. The van der Waals surface area contributed by atoms with Crippen LogP contribution in [0.4, 0.5) is 0 Å². The monoisotopic (exact) mass is 189 g/mol. The van der Waals surface area contributed by atoms with Crippen LogP contribution in [0.2, 0.25) is 0 Å². The average Bonchev–Trinajstić information content (AvgIpc) is 2.02. The van der Waals surface area contributed by atoms with Gasteiger partial charge in [0.25, 0.3) is 0 Å². The van der Waals surface area contributed by atoms with E-state index in [1.165, 1.54) is 19.3 Å². The first-order chi connectivity index (χ1) is 5.79. The Bertz CT molecular complexity index is 141. The number of nitrogens with zero attached hydrogens (tertiary/aromatic N) is 1. The summed E-state index contributed by atoms with van der Waals surface area (Å²) in [4.78, 5) is 2.43. The molecule has 3 atom stereocenters. The van der Waals surface area contributed by atoms with Gasteiger partial charge < -0.3 is 4.74 Å². The van der Waals surface area contributed by atoms with E-state index in [9.17, 15) is 0 Å². The molecule has 3 unspecified atom stereocenters. The average molecular weight is 190 g/mol. The molecule has 70 valence electrons. The van der Waals surface area contributed by atoms with Gasteiger partial charge >= 0.3 is 0 Å². The number of piperidine rings is 1. The highest BCUT2D eigenvalue weighted by Crippen LogP contribution is 2.30. The van der Waals surface area contributed by atoms with Crippen molar-refractivity contribution in [3.63, 3.8) is 0 Å². The van der Waals surface area contributed by atoms with Gasteiger partial charge in [-0.05, 0) is 19.8 Å². The Labute approximate surface area is 78.8 Å². The van der Waals surface area contributed by atoms with Gasteiger partial charge in [0.05, 0.1) is 18.7 Å². The number of halogens is 1. The van der Waals surface area contributed by atoms with Crippen LogP contribution >= 0.6 is 11.6 Å². The summed E-state index contributed by atoms with van der Waals surface area (Å²) in [6.07, 6.45) is 3.86. The zero-order valence-electron chi connectivity index (χ0n) is 7.50. The van der Waals surface area contributed by atoms with Crippen LogP contribution in [0.15, 0.2) is 0 Å². The first-order valence-corrected chi connectivity index (χ1v) is 5.22. The molecule has 0 saturated carbocycles. The van der Waals surface area contributed by atoms with Crippen LogP contribution in [0.3, 0.4) is 0 Å². The van der Waals surface area contributed by atoms with Gasteiger partial charge in [-0.1, -0.05) is 6.42 Å². The number of rotatable bonds is 1. The zero-order valence-corrected chi connectivity index (χ0v) is 8.26. The molecule has 3 heteroatoms. The van der Waals surface area contributed by atoms with Crippen LogP contribution in [0.1, 0.15) is 26.2 Å². The van der Waals surface area contributed by atoms with Crippen LogP contribution in [-0.4, -0.2) is 35.7 Å². The standard InChI is InChI=1S/C9H16ClNO/c1-7(10)11-8-3-2-4-9(11)6-12-5-8/h7-9H,2-6H2,1H3. The van der Waals surface area contributed by atoms with Crippen molar-refractivity contribution in [1.29, 1.82) is 0 Å². The van der Waals surface area contributed by atoms with Crippen molar-refractivity contribution < 1.29 is 4.74 Å². The third-order valence-corrected chi connectivity index (χ3v) is 3.17. The lowest BCUT2D eigenvalue weighted by Gasteiger charge is -2.47. The number of morpholine rings is 1. The molecule has 0 N–H and O–H groups in total. The van der Waals surface area contributed by atoms with Crippen LogP contribution in [0.5, 0.6) is 0 Å². The van der Waals surface area contributed by atoms with Crippen molar-refractivity contribution >= 4 is 11.6 Å². The van der Waals surface area contributed by atoms with Crippen molar-refractivity contribution in [2.24, 2.45) is 0 Å². The van der Waals surface area contributed by atoms with Crippen LogP contribution in [-0.2, 0) is 4.74 Å². The molecular formula is C9H16ClNO. The topological polar surface area (TPSA) is 12.5 Å². The van der Waals surface area contributed by atoms with Gasteiger partial charge in [-0.25, -0.2) is 0 Å². The summed E-state index contributed by atoms with van der Waals surface area (Å²) in [5.74, 6) is 0. The predicted molar refractivity (Wildman–Crippen MR) is 49.4 cm³/mol. The summed E-state index contributed by atoms with van der Waals surface area (Å²) in [6.45, 7) is 3.83. The molecule has 0 aromatic rings. The van der Waals surface area contributed by atoms with Gasteiger partial charge in [0, 0.05) is 12.1 Å². The molecular weight excluding hydrogens is 174 g/mol. The van der Waals surface area contributed by atoms with E-state index in [-0.39, 0.29) is 5.50 Å². The fraction of sp³-hybridized carbons (Fsp3) is 1.00. The third kappa shape index (κ3) is 1.48. The molecule has 2 bridgehead atoms. The largest absolute Gasteiger partial charge is 0.378 e. The Morgan fingerprint density at radius 2 is 1.92 bits per heavy atom. The van der Waals surface area contributed by atoms with Crippen LogP contribution in [0, 0.1) is 0 Å². The lowest BCUT2D eigenvalue weighted by Crippen LogP contribution is -2.56. The van der Waals surface area contributed by atoms with E-state index in [0.29, 0.717) is 12.1 Å². The molecule has 2 rings (SSSR count). The Hall–Kier alpha value is 0.210. The normalized spacial score (nSPS) is 39.5. The summed E-state index contributed by atoms with van der Waals surface area (Å²) in [5, 5.41) is 0. The van der Waals surface area contributed by atoms with Crippen LogP contribution in [0.25, 0.3) is 0 Å². The van der Waals surface area contributed by atoms with Crippen molar-refractivity contribution in [3.05, 3.63) is 0 Å². The van der Waals surface area contributed by atoms with Gasteiger partial charge in [0.15, 0.2) is 0 Å². The Kier molecular flexibility index (Phi) is 2.58. The summed E-state index contributed by atoms with van der Waals surface area (Å²) < 4.78 is 5.52. The molecule has 0 aromatic heterocycles. The molecule has 0 amide bonds. The maximum atomic E-state index is 6.13. The van der Waals surface area contributed by atoms with E-state index in [1.807, 2.05) is 0 Å². The molecule has 0 aromatic carbocycles. The third-order valence-electron chi connectivity index (χ3n) is 2.95. The molecule has 2 fully saturated rings. The van der Waals surface area contributed by atoms with Gasteiger partial charge in [0.1, 0.15) is 0 Å². The Morgan fingerprint density at radius 3 is 2.33 bits per heavy atom. The molecule has 2 saturated heterocycles. The van der Waals surface area contributed by atoms with E-state index in [1.54, 1.807) is 0 Å². The minimum absolute atomic E-state index is 0.171. The molecule has 2 heterocycles. The molecule has 0 radical (unpaired) electrons. The molecule has 2 aliphatic rings. The number of alkyl halides is 1. The number of hydrogen-bond donors (Lipinski definition) is 0. The SMILES string of the molecule is CC(Cl)N1C2CCCC1COC2. The van der Waals surface area contributed by atoms with Crippen molar-refractivity contribution in [1.82, 2.24) is 4.90 Å². The van der Waals surface area contributed by atoms with E-state index in [4.69, 9.17) is 16.3 Å². The van der Waals surface area contributed by atoms with E-state index in [2.05, 4.69) is 11.8 Å². The minimum atomic E-state index is 0.171. The molecule has 2 aliphatic heterocycles. The molecule has 12 heavy (non-hydrogen) atoms. The fourth-order valence-electron chi connectivity index (χ4n) is 2.45. The molecule has 0 spiro atoms. The van der Waals surface area contributed by atoms with Gasteiger partial charge in [-0.3, -0.25) is 4.90 Å². The summed E-state index contributed by atoms with van der Waals surface area (Å²) >= 11 is 6.13. The maximum absolute atomic E-state index is 6.13. The van der Waals surface area contributed by atoms with E-state index < -0.39 is 0 Å². The fourth-order valence-corrected chi connectivity index (χ4v) is 2.76.